The molecule has 0 radical (unpaired) electrons. The SMILES string of the molecule is CC[C@@H](C(=O)NC)N(Cc1cccc(OC)c1)C(=O)COc1cc(C)cc(C)c1. The Morgan fingerprint density at radius 1 is 1.07 bits per heavy atom. The molecule has 0 aliphatic heterocycles. The predicted molar refractivity (Wildman–Crippen MR) is 113 cm³/mol. The van der Waals surface area contributed by atoms with E-state index in [1.54, 1.807) is 19.1 Å². The van der Waals surface area contributed by atoms with Gasteiger partial charge in [0.1, 0.15) is 17.5 Å². The maximum Gasteiger partial charge on any atom is 0.261 e. The minimum atomic E-state index is -0.582. The Balaban J connectivity index is 2.22. The van der Waals surface area contributed by atoms with Crippen LogP contribution in [0.2, 0.25) is 0 Å². The van der Waals surface area contributed by atoms with Gasteiger partial charge in [0.25, 0.3) is 5.91 Å². The van der Waals surface area contributed by atoms with Crippen molar-refractivity contribution < 1.29 is 19.1 Å². The zero-order valence-electron chi connectivity index (χ0n) is 17.8. The Bertz CT molecular complexity index is 830. The van der Waals surface area contributed by atoms with Crippen LogP contribution in [0.1, 0.15) is 30.0 Å². The van der Waals surface area contributed by atoms with Crippen LogP contribution in [0.25, 0.3) is 0 Å². The molecule has 0 aromatic heterocycles. The average Bonchev–Trinajstić information content (AvgIpc) is 2.71. The number of carbonyl (C=O) groups is 2. The molecule has 0 fully saturated rings. The van der Waals surface area contributed by atoms with Crippen molar-refractivity contribution >= 4 is 11.8 Å². The summed E-state index contributed by atoms with van der Waals surface area (Å²) in [5.41, 5.74) is 3.02. The van der Waals surface area contributed by atoms with Crippen LogP contribution >= 0.6 is 0 Å². The predicted octanol–water partition coefficient (Wildman–Crippen LogP) is 3.24. The molecular formula is C23H30N2O4. The van der Waals surface area contributed by atoms with Crippen molar-refractivity contribution in [3.63, 3.8) is 0 Å². The molecule has 6 heteroatoms. The highest BCUT2D eigenvalue weighted by Crippen LogP contribution is 2.19. The number of nitrogens with one attached hydrogen (secondary N) is 1. The molecule has 0 bridgehead atoms. The average molecular weight is 399 g/mol. The van der Waals surface area contributed by atoms with E-state index in [1.807, 2.05) is 63.2 Å². The number of rotatable bonds is 9. The van der Waals surface area contributed by atoms with Crippen molar-refractivity contribution in [2.24, 2.45) is 0 Å². The van der Waals surface area contributed by atoms with Gasteiger partial charge in [-0.1, -0.05) is 25.1 Å². The number of amides is 2. The van der Waals surface area contributed by atoms with E-state index >= 15 is 0 Å². The first kappa shape index (κ1) is 22.3. The van der Waals surface area contributed by atoms with E-state index in [9.17, 15) is 9.59 Å². The van der Waals surface area contributed by atoms with Gasteiger partial charge in [0.2, 0.25) is 5.91 Å². The Kier molecular flexibility index (Phi) is 8.07. The molecule has 0 saturated carbocycles. The van der Waals surface area contributed by atoms with Crippen LogP contribution in [0.4, 0.5) is 0 Å². The van der Waals surface area contributed by atoms with Crippen LogP contribution in [0, 0.1) is 13.8 Å². The maximum atomic E-state index is 13.1. The summed E-state index contributed by atoms with van der Waals surface area (Å²) in [5.74, 6) is 0.900. The number of benzene rings is 2. The van der Waals surface area contributed by atoms with Gasteiger partial charge in [0, 0.05) is 13.6 Å². The van der Waals surface area contributed by atoms with Gasteiger partial charge in [-0.15, -0.1) is 0 Å². The molecule has 0 spiro atoms. The Hall–Kier alpha value is -3.02. The van der Waals surface area contributed by atoms with Crippen LogP contribution in [0.15, 0.2) is 42.5 Å². The van der Waals surface area contributed by atoms with E-state index in [4.69, 9.17) is 9.47 Å². The third-order valence-corrected chi connectivity index (χ3v) is 4.68. The summed E-state index contributed by atoms with van der Waals surface area (Å²) in [6.45, 7) is 6.00. The van der Waals surface area contributed by atoms with E-state index in [-0.39, 0.29) is 25.0 Å². The fraction of sp³-hybridized carbons (Fsp3) is 0.391. The number of hydrogen-bond acceptors (Lipinski definition) is 4. The number of nitrogens with zero attached hydrogens (tertiary/aromatic N) is 1. The molecule has 0 unspecified atom stereocenters. The first-order valence-corrected chi connectivity index (χ1v) is 9.73. The molecule has 2 aromatic carbocycles. The van der Waals surface area contributed by atoms with E-state index in [1.165, 1.54) is 0 Å². The second-order valence-corrected chi connectivity index (χ2v) is 7.02. The van der Waals surface area contributed by atoms with Crippen molar-refractivity contribution in [2.45, 2.75) is 39.8 Å². The van der Waals surface area contributed by atoms with E-state index in [2.05, 4.69) is 5.32 Å². The minimum Gasteiger partial charge on any atom is -0.497 e. The zero-order valence-corrected chi connectivity index (χ0v) is 17.8. The molecule has 2 amide bonds. The van der Waals surface area contributed by atoms with Crippen LogP contribution in [-0.4, -0.2) is 43.5 Å². The summed E-state index contributed by atoms with van der Waals surface area (Å²) >= 11 is 0. The van der Waals surface area contributed by atoms with Gasteiger partial charge in [0.05, 0.1) is 7.11 Å². The molecule has 0 heterocycles. The van der Waals surface area contributed by atoms with Crippen LogP contribution in [0.3, 0.4) is 0 Å². The van der Waals surface area contributed by atoms with Crippen molar-refractivity contribution in [3.8, 4) is 11.5 Å². The third kappa shape index (κ3) is 6.24. The first-order chi connectivity index (χ1) is 13.9. The molecule has 1 N–H and O–H groups in total. The van der Waals surface area contributed by atoms with E-state index in [0.717, 1.165) is 16.7 Å². The number of methoxy groups -OCH3 is 1. The zero-order chi connectivity index (χ0) is 21.4. The van der Waals surface area contributed by atoms with Crippen molar-refractivity contribution in [1.82, 2.24) is 10.2 Å². The highest BCUT2D eigenvalue weighted by Gasteiger charge is 2.28. The molecule has 2 aromatic rings. The summed E-state index contributed by atoms with van der Waals surface area (Å²) in [6, 6.07) is 12.7. The van der Waals surface area contributed by atoms with Crippen molar-refractivity contribution in [2.75, 3.05) is 20.8 Å². The summed E-state index contributed by atoms with van der Waals surface area (Å²) in [7, 11) is 3.17. The van der Waals surface area contributed by atoms with Crippen LogP contribution in [-0.2, 0) is 16.1 Å². The van der Waals surface area contributed by atoms with Gasteiger partial charge >= 0.3 is 0 Å². The molecular weight excluding hydrogens is 368 g/mol. The Morgan fingerprint density at radius 2 is 1.76 bits per heavy atom. The topological polar surface area (TPSA) is 67.9 Å². The maximum absolute atomic E-state index is 13.1. The third-order valence-electron chi connectivity index (χ3n) is 4.68. The first-order valence-electron chi connectivity index (χ1n) is 9.73. The lowest BCUT2D eigenvalue weighted by atomic mass is 10.1. The van der Waals surface area contributed by atoms with Gasteiger partial charge in [-0.05, 0) is 61.2 Å². The molecule has 2 rings (SSSR count). The fourth-order valence-corrected chi connectivity index (χ4v) is 3.30. The smallest absolute Gasteiger partial charge is 0.261 e. The number of ether oxygens (including phenoxy) is 2. The lowest BCUT2D eigenvalue weighted by Gasteiger charge is -2.30. The summed E-state index contributed by atoms with van der Waals surface area (Å²) in [4.78, 5) is 27.0. The Morgan fingerprint density at radius 3 is 2.34 bits per heavy atom. The number of hydrogen-bond donors (Lipinski definition) is 1. The number of carbonyl (C=O) groups excluding carboxylic acids is 2. The van der Waals surface area contributed by atoms with Gasteiger partial charge in [-0.3, -0.25) is 9.59 Å². The van der Waals surface area contributed by atoms with Crippen LogP contribution in [0.5, 0.6) is 11.5 Å². The molecule has 156 valence electrons. The standard InChI is InChI=1S/C23H30N2O4/c1-6-21(23(27)24-4)25(14-18-8-7-9-19(13-18)28-5)22(26)15-29-20-11-16(2)10-17(3)12-20/h7-13,21H,6,14-15H2,1-5H3,(H,24,27)/t21-/m0/s1. The summed E-state index contributed by atoms with van der Waals surface area (Å²) in [6.07, 6.45) is 0.499. The molecule has 29 heavy (non-hydrogen) atoms. The lowest BCUT2D eigenvalue weighted by Crippen LogP contribution is -2.49. The van der Waals surface area contributed by atoms with Crippen molar-refractivity contribution in [3.05, 3.63) is 59.2 Å². The molecule has 0 aliphatic carbocycles. The molecule has 0 saturated heterocycles. The molecule has 6 nitrogen and oxygen atoms in total. The number of likely N-dealkylation sites (N-methyl/N-ethyl adjacent to an activating group) is 1. The van der Waals surface area contributed by atoms with Gasteiger partial charge in [-0.2, -0.15) is 0 Å². The highest BCUT2D eigenvalue weighted by atomic mass is 16.5. The van der Waals surface area contributed by atoms with Gasteiger partial charge in [-0.25, -0.2) is 0 Å². The summed E-state index contributed by atoms with van der Waals surface area (Å²) in [5, 5.41) is 2.65. The lowest BCUT2D eigenvalue weighted by molar-refractivity contribution is -0.142. The largest absolute Gasteiger partial charge is 0.497 e. The highest BCUT2D eigenvalue weighted by molar-refractivity contribution is 5.88. The van der Waals surface area contributed by atoms with E-state index in [0.29, 0.717) is 17.9 Å². The van der Waals surface area contributed by atoms with Crippen LogP contribution < -0.4 is 14.8 Å². The van der Waals surface area contributed by atoms with E-state index < -0.39 is 6.04 Å². The summed E-state index contributed by atoms with van der Waals surface area (Å²) < 4.78 is 11.0. The monoisotopic (exact) mass is 398 g/mol. The van der Waals surface area contributed by atoms with Gasteiger partial charge in [0.15, 0.2) is 6.61 Å². The second kappa shape index (κ2) is 10.5. The van der Waals surface area contributed by atoms with Gasteiger partial charge < -0.3 is 19.7 Å². The number of aryl methyl sites for hydroxylation is 2. The second-order valence-electron chi connectivity index (χ2n) is 7.02. The minimum absolute atomic E-state index is 0.139. The Labute approximate surface area is 172 Å². The fourth-order valence-electron chi connectivity index (χ4n) is 3.30. The molecule has 1 atom stereocenters. The normalized spacial score (nSPS) is 11.5. The molecule has 0 aliphatic rings. The van der Waals surface area contributed by atoms with Crippen molar-refractivity contribution in [1.29, 1.82) is 0 Å². The quantitative estimate of drug-likeness (QED) is 0.704.